The molecule has 0 bridgehead atoms. The molecule has 2 aromatic rings. The molecule has 7 heteroatoms. The van der Waals surface area contributed by atoms with Gasteiger partial charge in [0.1, 0.15) is 5.75 Å². The molecule has 1 aliphatic rings. The highest BCUT2D eigenvalue weighted by Gasteiger charge is 2.40. The van der Waals surface area contributed by atoms with E-state index in [-0.39, 0.29) is 29.9 Å². The van der Waals surface area contributed by atoms with Gasteiger partial charge >= 0.3 is 0 Å². The number of para-hydroxylation sites is 1. The number of anilines is 2. The van der Waals surface area contributed by atoms with Crippen LogP contribution >= 0.6 is 11.8 Å². The molecule has 0 aliphatic carbocycles. The molecular weight excluding hydrogens is 400 g/mol. The van der Waals surface area contributed by atoms with E-state index in [1.807, 2.05) is 39.0 Å². The van der Waals surface area contributed by atoms with Crippen LogP contribution < -0.4 is 15.0 Å². The summed E-state index contributed by atoms with van der Waals surface area (Å²) < 4.78 is 5.40. The van der Waals surface area contributed by atoms with Crippen molar-refractivity contribution in [2.24, 2.45) is 0 Å². The van der Waals surface area contributed by atoms with Crippen molar-refractivity contribution in [3.8, 4) is 5.75 Å². The fourth-order valence-electron chi connectivity index (χ4n) is 3.42. The third-order valence-electron chi connectivity index (χ3n) is 4.93. The number of imide groups is 1. The van der Waals surface area contributed by atoms with Crippen molar-refractivity contribution in [1.29, 1.82) is 0 Å². The predicted molar refractivity (Wildman–Crippen MR) is 120 cm³/mol. The van der Waals surface area contributed by atoms with Gasteiger partial charge in [-0.05, 0) is 55.7 Å². The second-order valence-corrected chi connectivity index (χ2v) is 8.20. The smallest absolute Gasteiger partial charge is 0.247 e. The van der Waals surface area contributed by atoms with Gasteiger partial charge in [0.15, 0.2) is 0 Å². The zero-order chi connectivity index (χ0) is 21.7. The van der Waals surface area contributed by atoms with Gasteiger partial charge in [-0.3, -0.25) is 14.4 Å². The number of hydrogen-bond donors (Lipinski definition) is 1. The van der Waals surface area contributed by atoms with E-state index >= 15 is 0 Å². The summed E-state index contributed by atoms with van der Waals surface area (Å²) in [4.78, 5) is 38.9. The highest BCUT2D eigenvalue weighted by atomic mass is 32.2. The van der Waals surface area contributed by atoms with E-state index in [1.165, 1.54) is 16.7 Å². The minimum Gasteiger partial charge on any atom is -0.494 e. The van der Waals surface area contributed by atoms with E-state index in [2.05, 4.69) is 5.32 Å². The minimum atomic E-state index is -0.558. The molecule has 6 nitrogen and oxygen atoms in total. The topological polar surface area (TPSA) is 75.7 Å². The first-order valence-corrected chi connectivity index (χ1v) is 11.1. The molecule has 1 fully saturated rings. The van der Waals surface area contributed by atoms with Crippen LogP contribution in [0.1, 0.15) is 31.4 Å². The van der Waals surface area contributed by atoms with Gasteiger partial charge in [0, 0.05) is 12.1 Å². The van der Waals surface area contributed by atoms with E-state index < -0.39 is 5.25 Å². The average Bonchev–Trinajstić information content (AvgIpc) is 3.02. The Hall–Kier alpha value is -2.80. The fourth-order valence-corrected chi connectivity index (χ4v) is 4.35. The Balaban J connectivity index is 1.61. The molecule has 158 valence electrons. The van der Waals surface area contributed by atoms with Gasteiger partial charge in [-0.1, -0.05) is 25.1 Å². The average molecular weight is 427 g/mol. The van der Waals surface area contributed by atoms with Crippen LogP contribution in [0.2, 0.25) is 0 Å². The number of nitrogens with one attached hydrogen (secondary N) is 1. The standard InChI is InChI=1S/C23H26N2O4S/c1-4-16-8-6-7-15(3)22(16)24-20(26)14-30-19-13-21(27)25(23(19)28)17-9-11-18(12-10-17)29-5-2/h6-12,19H,4-5,13-14H2,1-3H3,(H,24,26)/t19-/m0/s1. The van der Waals surface area contributed by atoms with Gasteiger partial charge in [0.2, 0.25) is 17.7 Å². The van der Waals surface area contributed by atoms with Crippen molar-refractivity contribution in [2.45, 2.75) is 38.9 Å². The summed E-state index contributed by atoms with van der Waals surface area (Å²) in [5.41, 5.74) is 3.42. The van der Waals surface area contributed by atoms with E-state index in [1.54, 1.807) is 24.3 Å². The van der Waals surface area contributed by atoms with Gasteiger partial charge in [-0.25, -0.2) is 4.90 Å². The molecule has 1 saturated heterocycles. The second kappa shape index (κ2) is 9.80. The lowest BCUT2D eigenvalue weighted by atomic mass is 10.1. The number of carbonyl (C=O) groups is 3. The zero-order valence-electron chi connectivity index (χ0n) is 17.4. The van der Waals surface area contributed by atoms with Crippen molar-refractivity contribution >= 4 is 40.9 Å². The number of benzene rings is 2. The normalized spacial score (nSPS) is 16.1. The Morgan fingerprint density at radius 2 is 1.90 bits per heavy atom. The molecule has 0 aromatic heterocycles. The zero-order valence-corrected chi connectivity index (χ0v) is 18.3. The summed E-state index contributed by atoms with van der Waals surface area (Å²) in [6.07, 6.45) is 0.908. The molecular formula is C23H26N2O4S. The molecule has 3 rings (SSSR count). The molecule has 0 saturated carbocycles. The first-order valence-electron chi connectivity index (χ1n) is 10.0. The molecule has 1 heterocycles. The summed E-state index contributed by atoms with van der Waals surface area (Å²) in [7, 11) is 0. The van der Waals surface area contributed by atoms with E-state index in [4.69, 9.17) is 4.74 Å². The summed E-state index contributed by atoms with van der Waals surface area (Å²) in [5, 5.41) is 2.40. The van der Waals surface area contributed by atoms with Gasteiger partial charge < -0.3 is 10.1 Å². The summed E-state index contributed by atoms with van der Waals surface area (Å²) in [6, 6.07) is 12.8. The van der Waals surface area contributed by atoms with Gasteiger partial charge in [-0.15, -0.1) is 11.8 Å². The van der Waals surface area contributed by atoms with Crippen molar-refractivity contribution in [1.82, 2.24) is 0 Å². The number of rotatable bonds is 8. The minimum absolute atomic E-state index is 0.0918. The monoisotopic (exact) mass is 426 g/mol. The molecule has 0 unspecified atom stereocenters. The van der Waals surface area contributed by atoms with E-state index in [0.717, 1.165) is 23.2 Å². The maximum Gasteiger partial charge on any atom is 0.247 e. The van der Waals surface area contributed by atoms with Crippen LogP contribution in [0.3, 0.4) is 0 Å². The Labute approximate surface area is 181 Å². The van der Waals surface area contributed by atoms with Crippen molar-refractivity contribution in [3.63, 3.8) is 0 Å². The molecule has 3 amide bonds. The van der Waals surface area contributed by atoms with Crippen LogP contribution in [-0.4, -0.2) is 35.3 Å². The third-order valence-corrected chi connectivity index (χ3v) is 6.13. The highest BCUT2D eigenvalue weighted by Crippen LogP contribution is 2.31. The van der Waals surface area contributed by atoms with Crippen molar-refractivity contribution in [3.05, 3.63) is 53.6 Å². The number of amides is 3. The fraction of sp³-hybridized carbons (Fsp3) is 0.348. The summed E-state index contributed by atoms with van der Waals surface area (Å²) in [6.45, 7) is 6.43. The lowest BCUT2D eigenvalue weighted by Gasteiger charge is -2.16. The maximum absolute atomic E-state index is 12.8. The first-order chi connectivity index (χ1) is 14.4. The first kappa shape index (κ1) is 21.9. The largest absolute Gasteiger partial charge is 0.494 e. The van der Waals surface area contributed by atoms with Crippen LogP contribution in [-0.2, 0) is 20.8 Å². The number of nitrogens with zero attached hydrogens (tertiary/aromatic N) is 1. The Kier molecular flexibility index (Phi) is 7.15. The van der Waals surface area contributed by atoms with Crippen molar-refractivity contribution < 1.29 is 19.1 Å². The SMILES string of the molecule is CCOc1ccc(N2C(=O)C[C@H](SCC(=O)Nc3c(C)cccc3CC)C2=O)cc1. The van der Waals surface area contributed by atoms with Crippen LogP contribution in [0.25, 0.3) is 0 Å². The van der Waals surface area contributed by atoms with E-state index in [9.17, 15) is 14.4 Å². The Morgan fingerprint density at radius 3 is 2.57 bits per heavy atom. The van der Waals surface area contributed by atoms with Crippen LogP contribution in [0, 0.1) is 6.92 Å². The van der Waals surface area contributed by atoms with Gasteiger partial charge in [-0.2, -0.15) is 0 Å². The van der Waals surface area contributed by atoms with Crippen LogP contribution in [0.5, 0.6) is 5.75 Å². The molecule has 0 spiro atoms. The number of ether oxygens (including phenoxy) is 1. The summed E-state index contributed by atoms with van der Waals surface area (Å²) >= 11 is 1.20. The molecule has 30 heavy (non-hydrogen) atoms. The molecule has 1 N–H and O–H groups in total. The Morgan fingerprint density at radius 1 is 1.17 bits per heavy atom. The summed E-state index contributed by atoms with van der Waals surface area (Å²) in [5.74, 6) is 0.0777. The van der Waals surface area contributed by atoms with Crippen LogP contribution in [0.4, 0.5) is 11.4 Å². The van der Waals surface area contributed by atoms with Gasteiger partial charge in [0.25, 0.3) is 0 Å². The second-order valence-electron chi connectivity index (χ2n) is 7.01. The number of thioether (sulfide) groups is 1. The molecule has 1 atom stereocenters. The number of hydrogen-bond acceptors (Lipinski definition) is 5. The van der Waals surface area contributed by atoms with Crippen molar-refractivity contribution in [2.75, 3.05) is 22.6 Å². The highest BCUT2D eigenvalue weighted by molar-refractivity contribution is 8.01. The maximum atomic E-state index is 12.8. The lowest BCUT2D eigenvalue weighted by Crippen LogP contribution is -2.31. The van der Waals surface area contributed by atoms with E-state index in [0.29, 0.717) is 18.0 Å². The van der Waals surface area contributed by atoms with Crippen LogP contribution in [0.15, 0.2) is 42.5 Å². The van der Waals surface area contributed by atoms with Gasteiger partial charge in [0.05, 0.1) is 23.3 Å². The lowest BCUT2D eigenvalue weighted by molar-refractivity contribution is -0.121. The Bertz CT molecular complexity index is 943. The molecule has 1 aliphatic heterocycles. The number of carbonyl (C=O) groups excluding carboxylic acids is 3. The molecule has 2 aromatic carbocycles. The third kappa shape index (κ3) is 4.84. The quantitative estimate of drug-likeness (QED) is 0.647. The molecule has 0 radical (unpaired) electrons. The number of aryl methyl sites for hydroxylation is 2. The predicted octanol–water partition coefficient (Wildman–Crippen LogP) is 3.96.